The fraction of sp³-hybridized carbons (Fsp3) is 0.750. The van der Waals surface area contributed by atoms with Gasteiger partial charge in [-0.1, -0.05) is 0 Å². The molecule has 0 bridgehead atoms. The summed E-state index contributed by atoms with van der Waals surface area (Å²) in [6.45, 7) is 2.62. The number of rotatable bonds is 2. The molecule has 0 saturated carbocycles. The second kappa shape index (κ2) is 2.64. The molecule has 4 nitrogen and oxygen atoms in total. The highest BCUT2D eigenvalue weighted by molar-refractivity contribution is 5.44. The molecule has 1 saturated heterocycles. The summed E-state index contributed by atoms with van der Waals surface area (Å²) in [5.41, 5.74) is 2.53. The van der Waals surface area contributed by atoms with Crippen molar-refractivity contribution in [3.05, 3.63) is 0 Å². The van der Waals surface area contributed by atoms with Crippen LogP contribution in [0.1, 0.15) is 0 Å². The van der Waals surface area contributed by atoms with Crippen molar-refractivity contribution >= 4 is 6.41 Å². The number of hydrogen-bond acceptors (Lipinski definition) is 3. The Morgan fingerprint density at radius 1 is 1.75 bits per heavy atom. The molecule has 0 spiro atoms. The number of nitrogens with zero attached hydrogens (tertiary/aromatic N) is 1. The predicted molar refractivity (Wildman–Crippen MR) is 28.8 cm³/mol. The first kappa shape index (κ1) is 5.53. The van der Waals surface area contributed by atoms with Crippen LogP contribution in [-0.4, -0.2) is 31.2 Å². The van der Waals surface area contributed by atoms with E-state index in [1.807, 2.05) is 5.01 Å². The molecule has 0 aromatic carbocycles. The maximum atomic E-state index is 9.78. The quantitative estimate of drug-likeness (QED) is 0.431. The third-order valence-corrected chi connectivity index (χ3v) is 1.10. The van der Waals surface area contributed by atoms with Gasteiger partial charge < -0.3 is 5.32 Å². The zero-order valence-electron chi connectivity index (χ0n) is 4.55. The Kier molecular flexibility index (Phi) is 1.82. The Bertz CT molecular complexity index is 79.4. The van der Waals surface area contributed by atoms with Crippen LogP contribution in [0.4, 0.5) is 0 Å². The van der Waals surface area contributed by atoms with Crippen molar-refractivity contribution in [3.8, 4) is 0 Å². The molecule has 1 heterocycles. The van der Waals surface area contributed by atoms with Crippen LogP contribution in [0.5, 0.6) is 0 Å². The van der Waals surface area contributed by atoms with E-state index in [0.717, 1.165) is 19.8 Å². The van der Waals surface area contributed by atoms with Gasteiger partial charge in [-0.15, -0.1) is 0 Å². The van der Waals surface area contributed by atoms with Crippen molar-refractivity contribution in [2.24, 2.45) is 0 Å². The number of amides is 1. The van der Waals surface area contributed by atoms with Crippen LogP contribution in [-0.2, 0) is 4.79 Å². The van der Waals surface area contributed by atoms with E-state index in [1.165, 1.54) is 0 Å². The van der Waals surface area contributed by atoms with E-state index in [1.54, 1.807) is 0 Å². The topological polar surface area (TPSA) is 44.4 Å². The maximum absolute atomic E-state index is 9.78. The normalized spacial score (nSPS) is 21.0. The van der Waals surface area contributed by atoms with Gasteiger partial charge in [0.15, 0.2) is 0 Å². The minimum atomic E-state index is 0.688. The summed E-state index contributed by atoms with van der Waals surface area (Å²) >= 11 is 0. The molecule has 1 aliphatic heterocycles. The Balaban J connectivity index is 2.14. The second-order valence-electron chi connectivity index (χ2n) is 1.67. The first-order valence-corrected chi connectivity index (χ1v) is 2.59. The SMILES string of the molecule is O=CNN1CCNC1. The van der Waals surface area contributed by atoms with Gasteiger partial charge in [-0.25, -0.2) is 5.01 Å². The monoisotopic (exact) mass is 115 g/mol. The Morgan fingerprint density at radius 3 is 3.12 bits per heavy atom. The van der Waals surface area contributed by atoms with Crippen LogP contribution >= 0.6 is 0 Å². The standard InChI is InChI=1S/C4H9N3O/c8-4-6-7-2-1-5-3-7/h4-5H,1-3H2,(H,6,8). The van der Waals surface area contributed by atoms with Gasteiger partial charge in [0.05, 0.1) is 6.67 Å². The average molecular weight is 115 g/mol. The Hall–Kier alpha value is -0.610. The summed E-state index contributed by atoms with van der Waals surface area (Å²) in [5.74, 6) is 0. The lowest BCUT2D eigenvalue weighted by molar-refractivity contribution is -0.113. The molecule has 1 rings (SSSR count). The summed E-state index contributed by atoms with van der Waals surface area (Å²) < 4.78 is 0. The van der Waals surface area contributed by atoms with E-state index in [2.05, 4.69) is 10.7 Å². The van der Waals surface area contributed by atoms with E-state index in [4.69, 9.17) is 0 Å². The second-order valence-corrected chi connectivity index (χ2v) is 1.67. The van der Waals surface area contributed by atoms with Crippen molar-refractivity contribution in [1.82, 2.24) is 15.8 Å². The highest BCUT2D eigenvalue weighted by atomic mass is 16.1. The lowest BCUT2D eigenvalue weighted by Crippen LogP contribution is -2.35. The minimum Gasteiger partial charge on any atom is -0.302 e. The van der Waals surface area contributed by atoms with Gasteiger partial charge in [0.2, 0.25) is 6.41 Å². The maximum Gasteiger partial charge on any atom is 0.221 e. The van der Waals surface area contributed by atoms with E-state index in [-0.39, 0.29) is 0 Å². The Morgan fingerprint density at radius 2 is 2.62 bits per heavy atom. The summed E-state index contributed by atoms with van der Waals surface area (Å²) in [5, 5.41) is 4.87. The summed E-state index contributed by atoms with van der Waals surface area (Å²) in [6, 6.07) is 0. The number of carbonyl (C=O) groups is 1. The van der Waals surface area contributed by atoms with E-state index < -0.39 is 0 Å². The molecule has 4 heteroatoms. The molecule has 0 radical (unpaired) electrons. The van der Waals surface area contributed by atoms with Crippen molar-refractivity contribution in [3.63, 3.8) is 0 Å². The molecule has 46 valence electrons. The molecule has 0 unspecified atom stereocenters. The van der Waals surface area contributed by atoms with E-state index in [0.29, 0.717) is 6.41 Å². The van der Waals surface area contributed by atoms with E-state index in [9.17, 15) is 4.79 Å². The molecule has 1 amide bonds. The molecule has 8 heavy (non-hydrogen) atoms. The largest absolute Gasteiger partial charge is 0.302 e. The highest BCUT2D eigenvalue weighted by Gasteiger charge is 2.07. The predicted octanol–water partition coefficient (Wildman–Crippen LogP) is -1.49. The van der Waals surface area contributed by atoms with Crippen molar-refractivity contribution in [2.45, 2.75) is 0 Å². The zero-order chi connectivity index (χ0) is 5.82. The van der Waals surface area contributed by atoms with Crippen molar-refractivity contribution in [1.29, 1.82) is 0 Å². The summed E-state index contributed by atoms with van der Waals surface area (Å²) in [6.07, 6.45) is 0.688. The first-order valence-electron chi connectivity index (χ1n) is 2.59. The first-order chi connectivity index (χ1) is 3.93. The highest BCUT2D eigenvalue weighted by Crippen LogP contribution is 1.82. The van der Waals surface area contributed by atoms with Gasteiger partial charge >= 0.3 is 0 Å². The molecular weight excluding hydrogens is 106 g/mol. The molecule has 1 aliphatic rings. The molecule has 0 aliphatic carbocycles. The number of hydrazine groups is 1. The number of nitrogens with one attached hydrogen (secondary N) is 2. The van der Waals surface area contributed by atoms with Gasteiger partial charge in [0, 0.05) is 13.1 Å². The van der Waals surface area contributed by atoms with Gasteiger partial charge in [-0.05, 0) is 0 Å². The van der Waals surface area contributed by atoms with Gasteiger partial charge in [-0.3, -0.25) is 10.2 Å². The molecule has 1 fully saturated rings. The van der Waals surface area contributed by atoms with Crippen LogP contribution in [0.2, 0.25) is 0 Å². The van der Waals surface area contributed by atoms with E-state index >= 15 is 0 Å². The van der Waals surface area contributed by atoms with Crippen LogP contribution in [0.3, 0.4) is 0 Å². The molecular formula is C4H9N3O. The van der Waals surface area contributed by atoms with Gasteiger partial charge in [-0.2, -0.15) is 0 Å². The van der Waals surface area contributed by atoms with Crippen LogP contribution in [0, 0.1) is 0 Å². The van der Waals surface area contributed by atoms with Gasteiger partial charge in [0.1, 0.15) is 0 Å². The summed E-state index contributed by atoms with van der Waals surface area (Å²) in [7, 11) is 0. The molecule has 0 aromatic rings. The summed E-state index contributed by atoms with van der Waals surface area (Å²) in [4.78, 5) is 9.78. The molecule has 2 N–H and O–H groups in total. The van der Waals surface area contributed by atoms with Crippen molar-refractivity contribution < 1.29 is 4.79 Å². The lowest BCUT2D eigenvalue weighted by atomic mass is 10.7. The fourth-order valence-electron chi connectivity index (χ4n) is 0.692. The van der Waals surface area contributed by atoms with Crippen LogP contribution < -0.4 is 10.7 Å². The van der Waals surface area contributed by atoms with Crippen LogP contribution in [0.15, 0.2) is 0 Å². The van der Waals surface area contributed by atoms with Crippen molar-refractivity contribution in [2.75, 3.05) is 19.8 Å². The minimum absolute atomic E-state index is 0.688. The zero-order valence-corrected chi connectivity index (χ0v) is 4.55. The number of carbonyl (C=O) groups excluding carboxylic acids is 1. The van der Waals surface area contributed by atoms with Gasteiger partial charge in [0.25, 0.3) is 0 Å². The smallest absolute Gasteiger partial charge is 0.221 e. The third kappa shape index (κ3) is 1.18. The average Bonchev–Trinajstić information content (AvgIpc) is 2.19. The Labute approximate surface area is 47.8 Å². The van der Waals surface area contributed by atoms with Crippen LogP contribution in [0.25, 0.3) is 0 Å². The number of hydrogen-bond donors (Lipinski definition) is 2. The molecule has 0 atom stereocenters. The fourth-order valence-corrected chi connectivity index (χ4v) is 0.692. The third-order valence-electron chi connectivity index (χ3n) is 1.10. The lowest BCUT2D eigenvalue weighted by Gasteiger charge is -2.09. The molecule has 0 aromatic heterocycles.